The molecule has 0 aliphatic heterocycles. The van der Waals surface area contributed by atoms with Crippen LogP contribution in [0.15, 0.2) is 48.5 Å². The number of anilines is 1. The predicted molar refractivity (Wildman–Crippen MR) is 91.9 cm³/mol. The first-order valence-corrected chi connectivity index (χ1v) is 8.95. The number of hydrogen-bond donors (Lipinski definition) is 2. The molecule has 0 heterocycles. The monoisotopic (exact) mass is 352 g/mol. The molecule has 2 aromatic rings. The van der Waals surface area contributed by atoms with E-state index in [0.29, 0.717) is 16.3 Å². The van der Waals surface area contributed by atoms with Gasteiger partial charge in [-0.2, -0.15) is 0 Å². The summed E-state index contributed by atoms with van der Waals surface area (Å²) < 4.78 is 26.3. The number of sulfonamides is 1. The first kappa shape index (κ1) is 17.5. The van der Waals surface area contributed by atoms with Gasteiger partial charge < -0.3 is 5.32 Å². The van der Waals surface area contributed by atoms with Gasteiger partial charge in [-0.25, -0.2) is 13.1 Å². The van der Waals surface area contributed by atoms with Crippen molar-refractivity contribution in [2.24, 2.45) is 0 Å². The van der Waals surface area contributed by atoms with E-state index in [1.165, 1.54) is 0 Å². The van der Waals surface area contributed by atoms with Gasteiger partial charge >= 0.3 is 0 Å². The fourth-order valence-electron chi connectivity index (χ4n) is 2.00. The average Bonchev–Trinajstić information content (AvgIpc) is 2.45. The molecule has 0 aliphatic rings. The van der Waals surface area contributed by atoms with Crippen molar-refractivity contribution in [1.82, 2.24) is 4.72 Å². The van der Waals surface area contributed by atoms with Gasteiger partial charge in [-0.05, 0) is 42.3 Å². The van der Waals surface area contributed by atoms with Crippen LogP contribution in [0.25, 0.3) is 0 Å². The molecule has 2 aromatic carbocycles. The Balaban J connectivity index is 1.90. The molecule has 0 saturated heterocycles. The summed E-state index contributed by atoms with van der Waals surface area (Å²) in [4.78, 5) is 11.8. The number of aryl methyl sites for hydroxylation is 1. The molecule has 0 spiro atoms. The molecule has 7 heteroatoms. The van der Waals surface area contributed by atoms with Crippen LogP contribution in [0.4, 0.5) is 5.69 Å². The lowest BCUT2D eigenvalue weighted by atomic mass is 10.2. The van der Waals surface area contributed by atoms with Crippen molar-refractivity contribution >= 4 is 33.2 Å². The van der Waals surface area contributed by atoms with Crippen molar-refractivity contribution in [2.45, 2.75) is 12.7 Å². The molecular formula is C16H17ClN2O3S. The van der Waals surface area contributed by atoms with Gasteiger partial charge in [0.15, 0.2) is 0 Å². The quantitative estimate of drug-likeness (QED) is 0.839. The van der Waals surface area contributed by atoms with E-state index in [0.717, 1.165) is 5.56 Å². The zero-order valence-electron chi connectivity index (χ0n) is 12.5. The summed E-state index contributed by atoms with van der Waals surface area (Å²) in [7, 11) is -3.62. The number of halogens is 1. The second-order valence-electron chi connectivity index (χ2n) is 5.13. The van der Waals surface area contributed by atoms with Crippen molar-refractivity contribution in [3.8, 4) is 0 Å². The molecule has 0 radical (unpaired) electrons. The zero-order chi connectivity index (χ0) is 16.9. The lowest BCUT2D eigenvalue weighted by molar-refractivity contribution is -0.115. The second kappa shape index (κ2) is 7.59. The Labute approximate surface area is 140 Å². The van der Waals surface area contributed by atoms with Crippen LogP contribution in [0.5, 0.6) is 0 Å². The van der Waals surface area contributed by atoms with Crippen LogP contribution in [0.2, 0.25) is 5.02 Å². The van der Waals surface area contributed by atoms with Gasteiger partial charge in [0, 0.05) is 10.7 Å². The van der Waals surface area contributed by atoms with Crippen molar-refractivity contribution in [3.63, 3.8) is 0 Å². The van der Waals surface area contributed by atoms with Gasteiger partial charge in [0.05, 0.1) is 12.3 Å². The van der Waals surface area contributed by atoms with Crippen molar-refractivity contribution < 1.29 is 13.2 Å². The molecule has 0 unspecified atom stereocenters. The van der Waals surface area contributed by atoms with E-state index in [1.807, 2.05) is 19.1 Å². The SMILES string of the molecule is Cc1cccc(NC(=O)CNS(=O)(=O)Cc2cccc(Cl)c2)c1. The summed E-state index contributed by atoms with van der Waals surface area (Å²) in [6.45, 7) is 1.58. The summed E-state index contributed by atoms with van der Waals surface area (Å²) in [5.41, 5.74) is 2.19. The van der Waals surface area contributed by atoms with Gasteiger partial charge in [-0.1, -0.05) is 35.9 Å². The third-order valence-electron chi connectivity index (χ3n) is 3.00. The molecule has 0 atom stereocenters. The number of carbonyl (C=O) groups excluding carboxylic acids is 1. The van der Waals surface area contributed by atoms with Crippen LogP contribution in [0.3, 0.4) is 0 Å². The molecule has 1 amide bonds. The number of nitrogens with one attached hydrogen (secondary N) is 2. The fourth-order valence-corrected chi connectivity index (χ4v) is 3.29. The maximum Gasteiger partial charge on any atom is 0.239 e. The highest BCUT2D eigenvalue weighted by Crippen LogP contribution is 2.13. The molecule has 0 aromatic heterocycles. The van der Waals surface area contributed by atoms with Crippen molar-refractivity contribution in [1.29, 1.82) is 0 Å². The van der Waals surface area contributed by atoms with Crippen LogP contribution < -0.4 is 10.0 Å². The summed E-state index contributed by atoms with van der Waals surface area (Å²) in [6.07, 6.45) is 0. The highest BCUT2D eigenvalue weighted by Gasteiger charge is 2.13. The molecule has 23 heavy (non-hydrogen) atoms. The van der Waals surface area contributed by atoms with Crippen molar-refractivity contribution in [2.75, 3.05) is 11.9 Å². The Morgan fingerprint density at radius 3 is 2.57 bits per heavy atom. The van der Waals surface area contributed by atoms with Crippen LogP contribution in [-0.4, -0.2) is 20.9 Å². The lowest BCUT2D eigenvalue weighted by Crippen LogP contribution is -2.33. The van der Waals surface area contributed by atoms with Gasteiger partial charge in [-0.3, -0.25) is 4.79 Å². The highest BCUT2D eigenvalue weighted by atomic mass is 35.5. The normalized spacial score (nSPS) is 11.2. The van der Waals surface area contributed by atoms with Crippen LogP contribution in [0, 0.1) is 6.92 Å². The Hall–Kier alpha value is -1.89. The largest absolute Gasteiger partial charge is 0.325 e. The molecule has 0 aliphatic carbocycles. The third-order valence-corrected chi connectivity index (χ3v) is 4.53. The van der Waals surface area contributed by atoms with E-state index in [4.69, 9.17) is 11.6 Å². The van der Waals surface area contributed by atoms with Gasteiger partial charge in [0.2, 0.25) is 15.9 Å². The smallest absolute Gasteiger partial charge is 0.239 e. The van der Waals surface area contributed by atoms with Gasteiger partial charge in [0.1, 0.15) is 0 Å². The predicted octanol–water partition coefficient (Wildman–Crippen LogP) is 2.71. The van der Waals surface area contributed by atoms with E-state index < -0.39 is 15.9 Å². The molecule has 122 valence electrons. The second-order valence-corrected chi connectivity index (χ2v) is 7.37. The van der Waals surface area contributed by atoms with E-state index >= 15 is 0 Å². The van der Waals surface area contributed by atoms with Gasteiger partial charge in [0.25, 0.3) is 0 Å². The standard InChI is InChI=1S/C16H17ClN2O3S/c1-12-4-2-7-15(8-12)19-16(20)10-18-23(21,22)11-13-5-3-6-14(17)9-13/h2-9,18H,10-11H2,1H3,(H,19,20). The lowest BCUT2D eigenvalue weighted by Gasteiger charge is -2.08. The zero-order valence-corrected chi connectivity index (χ0v) is 14.1. The van der Waals surface area contributed by atoms with E-state index in [2.05, 4.69) is 10.0 Å². The average molecular weight is 353 g/mol. The van der Waals surface area contributed by atoms with E-state index in [-0.39, 0.29) is 12.3 Å². The summed E-state index contributed by atoms with van der Waals surface area (Å²) in [6, 6.07) is 13.9. The minimum absolute atomic E-state index is 0.231. The summed E-state index contributed by atoms with van der Waals surface area (Å²) in [5.74, 6) is -0.657. The Morgan fingerprint density at radius 2 is 1.87 bits per heavy atom. The minimum atomic E-state index is -3.62. The van der Waals surface area contributed by atoms with Crippen molar-refractivity contribution in [3.05, 3.63) is 64.7 Å². The molecule has 5 nitrogen and oxygen atoms in total. The first-order valence-electron chi connectivity index (χ1n) is 6.92. The highest BCUT2D eigenvalue weighted by molar-refractivity contribution is 7.88. The van der Waals surface area contributed by atoms with Crippen LogP contribution in [0.1, 0.15) is 11.1 Å². The summed E-state index contributed by atoms with van der Waals surface area (Å²) >= 11 is 5.82. The molecule has 0 bridgehead atoms. The van der Waals surface area contributed by atoms with Crippen LogP contribution in [-0.2, 0) is 20.6 Å². The Kier molecular flexibility index (Phi) is 5.76. The number of amides is 1. The maximum atomic E-state index is 12.0. The Bertz CT molecular complexity index is 806. The molecule has 0 saturated carbocycles. The molecule has 0 fully saturated rings. The molecule has 2 rings (SSSR count). The number of rotatable bonds is 6. The van der Waals surface area contributed by atoms with Crippen LogP contribution >= 0.6 is 11.6 Å². The summed E-state index contributed by atoms with van der Waals surface area (Å²) in [5, 5.41) is 3.11. The van der Waals surface area contributed by atoms with Gasteiger partial charge in [-0.15, -0.1) is 0 Å². The Morgan fingerprint density at radius 1 is 1.13 bits per heavy atom. The number of hydrogen-bond acceptors (Lipinski definition) is 3. The van der Waals surface area contributed by atoms with E-state index in [9.17, 15) is 13.2 Å². The maximum absolute atomic E-state index is 12.0. The minimum Gasteiger partial charge on any atom is -0.325 e. The number of benzene rings is 2. The fraction of sp³-hybridized carbons (Fsp3) is 0.188. The van der Waals surface area contributed by atoms with E-state index in [1.54, 1.807) is 36.4 Å². The number of carbonyl (C=O) groups is 1. The molecule has 2 N–H and O–H groups in total. The molecular weight excluding hydrogens is 336 g/mol. The topological polar surface area (TPSA) is 75.3 Å². The third kappa shape index (κ3) is 6.02. The first-order chi connectivity index (χ1) is 10.8.